The second-order valence-corrected chi connectivity index (χ2v) is 3.47. The Labute approximate surface area is 92.3 Å². The van der Waals surface area contributed by atoms with Gasteiger partial charge in [0.25, 0.3) is 5.89 Å². The van der Waals surface area contributed by atoms with Crippen molar-refractivity contribution in [2.75, 3.05) is 0 Å². The molecular weight excluding hydrogens is 214 g/mol. The first-order valence-corrected chi connectivity index (χ1v) is 5.12. The first-order chi connectivity index (χ1) is 7.31. The molecule has 2 rings (SSSR count). The number of hydrogen-bond donors (Lipinski definition) is 0. The van der Waals surface area contributed by atoms with Gasteiger partial charge >= 0.3 is 0 Å². The van der Waals surface area contributed by atoms with Crippen LogP contribution in [-0.4, -0.2) is 15.1 Å². The summed E-state index contributed by atoms with van der Waals surface area (Å²) < 4.78 is 5.10. The lowest BCUT2D eigenvalue weighted by molar-refractivity contribution is 0.422. The minimum absolute atomic E-state index is 0.379. The molecule has 2 aromatic rings. The van der Waals surface area contributed by atoms with E-state index in [0.717, 1.165) is 12.8 Å². The SMILES string of the molecule is CCCc1noc(-c2cccnc2Cl)n1. The van der Waals surface area contributed by atoms with E-state index in [2.05, 4.69) is 22.0 Å². The zero-order valence-corrected chi connectivity index (χ0v) is 9.03. The van der Waals surface area contributed by atoms with Crippen molar-refractivity contribution in [3.8, 4) is 11.5 Å². The number of aromatic nitrogens is 3. The Balaban J connectivity index is 2.33. The Morgan fingerprint density at radius 3 is 3.07 bits per heavy atom. The number of nitrogens with zero attached hydrogens (tertiary/aromatic N) is 3. The molecule has 0 aliphatic carbocycles. The van der Waals surface area contributed by atoms with Crippen LogP contribution in [0.2, 0.25) is 5.15 Å². The van der Waals surface area contributed by atoms with Gasteiger partial charge in [0.05, 0.1) is 5.56 Å². The number of hydrogen-bond acceptors (Lipinski definition) is 4. The van der Waals surface area contributed by atoms with Crippen molar-refractivity contribution in [2.45, 2.75) is 19.8 Å². The molecule has 5 heteroatoms. The largest absolute Gasteiger partial charge is 0.334 e. The van der Waals surface area contributed by atoms with E-state index >= 15 is 0 Å². The Morgan fingerprint density at radius 2 is 2.33 bits per heavy atom. The van der Waals surface area contributed by atoms with E-state index in [4.69, 9.17) is 16.1 Å². The minimum atomic E-state index is 0.379. The summed E-state index contributed by atoms with van der Waals surface area (Å²) in [6, 6.07) is 3.59. The summed E-state index contributed by atoms with van der Waals surface area (Å²) >= 11 is 5.91. The van der Waals surface area contributed by atoms with Crippen molar-refractivity contribution in [3.05, 3.63) is 29.3 Å². The van der Waals surface area contributed by atoms with Crippen molar-refractivity contribution in [1.29, 1.82) is 0 Å². The maximum absolute atomic E-state index is 5.91. The second-order valence-electron chi connectivity index (χ2n) is 3.11. The van der Waals surface area contributed by atoms with E-state index < -0.39 is 0 Å². The van der Waals surface area contributed by atoms with Gasteiger partial charge in [-0.15, -0.1) is 0 Å². The van der Waals surface area contributed by atoms with E-state index in [1.54, 1.807) is 18.3 Å². The lowest BCUT2D eigenvalue weighted by Crippen LogP contribution is -1.86. The van der Waals surface area contributed by atoms with Gasteiger partial charge in [-0.3, -0.25) is 0 Å². The van der Waals surface area contributed by atoms with Crippen LogP contribution in [0.4, 0.5) is 0 Å². The highest BCUT2D eigenvalue weighted by atomic mass is 35.5. The molecule has 4 nitrogen and oxygen atoms in total. The van der Waals surface area contributed by atoms with E-state index in [1.807, 2.05) is 0 Å². The molecule has 0 atom stereocenters. The predicted molar refractivity (Wildman–Crippen MR) is 56.5 cm³/mol. The molecule has 0 fully saturated rings. The molecular formula is C10H10ClN3O. The topological polar surface area (TPSA) is 51.8 Å². The fourth-order valence-corrected chi connectivity index (χ4v) is 1.43. The third-order valence-electron chi connectivity index (χ3n) is 1.93. The second kappa shape index (κ2) is 4.40. The number of halogens is 1. The minimum Gasteiger partial charge on any atom is -0.334 e. The molecule has 0 saturated carbocycles. The third kappa shape index (κ3) is 2.15. The van der Waals surface area contributed by atoms with Crippen molar-refractivity contribution in [3.63, 3.8) is 0 Å². The van der Waals surface area contributed by atoms with E-state index in [9.17, 15) is 0 Å². The standard InChI is InChI=1S/C10H10ClN3O/c1-2-4-8-13-10(15-14-8)7-5-3-6-12-9(7)11/h3,5-6H,2,4H2,1H3. The fourth-order valence-electron chi connectivity index (χ4n) is 1.23. The first kappa shape index (κ1) is 10.1. The van der Waals surface area contributed by atoms with Gasteiger partial charge in [-0.25, -0.2) is 4.98 Å². The van der Waals surface area contributed by atoms with Gasteiger partial charge in [0.1, 0.15) is 5.15 Å². The fraction of sp³-hybridized carbons (Fsp3) is 0.300. The average molecular weight is 224 g/mol. The van der Waals surface area contributed by atoms with Crippen molar-refractivity contribution in [1.82, 2.24) is 15.1 Å². The van der Waals surface area contributed by atoms with Crippen LogP contribution < -0.4 is 0 Å². The molecule has 0 N–H and O–H groups in total. The molecule has 0 radical (unpaired) electrons. The first-order valence-electron chi connectivity index (χ1n) is 4.74. The highest BCUT2D eigenvalue weighted by molar-refractivity contribution is 6.31. The highest BCUT2D eigenvalue weighted by Gasteiger charge is 2.11. The summed E-state index contributed by atoms with van der Waals surface area (Å²) in [7, 11) is 0. The maximum Gasteiger partial charge on any atom is 0.261 e. The summed E-state index contributed by atoms with van der Waals surface area (Å²) in [6.45, 7) is 2.06. The van der Waals surface area contributed by atoms with Gasteiger partial charge < -0.3 is 4.52 Å². The molecule has 2 heterocycles. The van der Waals surface area contributed by atoms with Gasteiger partial charge in [0.15, 0.2) is 5.82 Å². The van der Waals surface area contributed by atoms with Crippen LogP contribution in [0.15, 0.2) is 22.9 Å². The molecule has 0 aliphatic heterocycles. The van der Waals surface area contributed by atoms with Crippen LogP contribution in [0.25, 0.3) is 11.5 Å². The van der Waals surface area contributed by atoms with E-state index in [-0.39, 0.29) is 0 Å². The normalized spacial score (nSPS) is 10.5. The summed E-state index contributed by atoms with van der Waals surface area (Å²) in [5.41, 5.74) is 0.675. The Hall–Kier alpha value is -1.42. The number of pyridine rings is 1. The van der Waals surface area contributed by atoms with Crippen molar-refractivity contribution >= 4 is 11.6 Å². The van der Waals surface area contributed by atoms with Gasteiger partial charge in [-0.2, -0.15) is 4.98 Å². The predicted octanol–water partition coefficient (Wildman–Crippen LogP) is 2.74. The smallest absolute Gasteiger partial charge is 0.261 e. The number of aryl methyl sites for hydroxylation is 1. The van der Waals surface area contributed by atoms with Crippen LogP contribution >= 0.6 is 11.6 Å². The van der Waals surface area contributed by atoms with Crippen LogP contribution in [-0.2, 0) is 6.42 Å². The van der Waals surface area contributed by atoms with Crippen LogP contribution in [0.1, 0.15) is 19.2 Å². The van der Waals surface area contributed by atoms with Crippen molar-refractivity contribution < 1.29 is 4.52 Å². The zero-order chi connectivity index (χ0) is 10.7. The van der Waals surface area contributed by atoms with Crippen LogP contribution in [0, 0.1) is 0 Å². The Bertz CT molecular complexity index is 455. The Morgan fingerprint density at radius 1 is 1.47 bits per heavy atom. The molecule has 0 aromatic carbocycles. The monoisotopic (exact) mass is 223 g/mol. The quantitative estimate of drug-likeness (QED) is 0.751. The van der Waals surface area contributed by atoms with Gasteiger partial charge in [-0.05, 0) is 18.6 Å². The van der Waals surface area contributed by atoms with Gasteiger partial charge in [-0.1, -0.05) is 23.7 Å². The summed E-state index contributed by atoms with van der Waals surface area (Å²) in [6.07, 6.45) is 3.41. The maximum atomic E-state index is 5.91. The van der Waals surface area contributed by atoms with Crippen LogP contribution in [0.3, 0.4) is 0 Å². The summed E-state index contributed by atoms with van der Waals surface area (Å²) in [4.78, 5) is 8.18. The lowest BCUT2D eigenvalue weighted by Gasteiger charge is -1.94. The summed E-state index contributed by atoms with van der Waals surface area (Å²) in [5.74, 6) is 1.13. The van der Waals surface area contributed by atoms with Gasteiger partial charge in [0, 0.05) is 12.6 Å². The average Bonchev–Trinajstić information content (AvgIpc) is 2.68. The molecule has 15 heavy (non-hydrogen) atoms. The molecule has 2 aromatic heterocycles. The summed E-state index contributed by atoms with van der Waals surface area (Å²) in [5, 5.41) is 4.23. The Kier molecular flexibility index (Phi) is 2.97. The van der Waals surface area contributed by atoms with Crippen molar-refractivity contribution in [2.24, 2.45) is 0 Å². The highest BCUT2D eigenvalue weighted by Crippen LogP contribution is 2.23. The molecule has 78 valence electrons. The third-order valence-corrected chi connectivity index (χ3v) is 2.23. The van der Waals surface area contributed by atoms with Gasteiger partial charge in [0.2, 0.25) is 0 Å². The zero-order valence-electron chi connectivity index (χ0n) is 8.27. The number of rotatable bonds is 3. The molecule has 0 spiro atoms. The molecule has 0 aliphatic rings. The lowest BCUT2D eigenvalue weighted by atomic mass is 10.3. The molecule has 0 bridgehead atoms. The molecule has 0 amide bonds. The van der Waals surface area contributed by atoms with E-state index in [0.29, 0.717) is 22.4 Å². The van der Waals surface area contributed by atoms with Crippen LogP contribution in [0.5, 0.6) is 0 Å². The molecule has 0 saturated heterocycles. The van der Waals surface area contributed by atoms with E-state index in [1.165, 1.54) is 0 Å². The molecule has 0 unspecified atom stereocenters.